The van der Waals surface area contributed by atoms with E-state index < -0.39 is 0 Å². The molecule has 16 heavy (non-hydrogen) atoms. The Hall–Kier alpha value is -1.36. The largest absolute Gasteiger partial charge is 0.361 e. The lowest BCUT2D eigenvalue weighted by Crippen LogP contribution is -2.34. The standard InChI is InChI=1S/C11H19N3O2/c1-7(5-12-4)11(15)13-6-10-8(2)14-16-9(10)3/h7,12H,5-6H2,1-4H3,(H,13,15). The molecule has 0 radical (unpaired) electrons. The molecular weight excluding hydrogens is 206 g/mol. The minimum Gasteiger partial charge on any atom is -0.361 e. The van der Waals surface area contributed by atoms with Gasteiger partial charge in [0.05, 0.1) is 5.69 Å². The molecule has 1 heterocycles. The summed E-state index contributed by atoms with van der Waals surface area (Å²) in [6.45, 7) is 6.76. The van der Waals surface area contributed by atoms with Gasteiger partial charge in [-0.1, -0.05) is 12.1 Å². The fourth-order valence-electron chi connectivity index (χ4n) is 1.50. The first-order valence-electron chi connectivity index (χ1n) is 5.40. The lowest BCUT2D eigenvalue weighted by molar-refractivity contribution is -0.124. The fraction of sp³-hybridized carbons (Fsp3) is 0.636. The van der Waals surface area contributed by atoms with Gasteiger partial charge >= 0.3 is 0 Å². The first-order valence-corrected chi connectivity index (χ1v) is 5.40. The highest BCUT2D eigenvalue weighted by atomic mass is 16.5. The molecular formula is C11H19N3O2. The summed E-state index contributed by atoms with van der Waals surface area (Å²) >= 11 is 0. The Kier molecular flexibility index (Phi) is 4.49. The number of nitrogens with zero attached hydrogens (tertiary/aromatic N) is 1. The van der Waals surface area contributed by atoms with Crippen LogP contribution in [-0.2, 0) is 11.3 Å². The maximum Gasteiger partial charge on any atom is 0.224 e. The molecule has 0 bridgehead atoms. The van der Waals surface area contributed by atoms with E-state index in [-0.39, 0.29) is 11.8 Å². The van der Waals surface area contributed by atoms with E-state index in [4.69, 9.17) is 4.52 Å². The van der Waals surface area contributed by atoms with Crippen LogP contribution in [0.2, 0.25) is 0 Å². The van der Waals surface area contributed by atoms with Crippen LogP contribution < -0.4 is 10.6 Å². The van der Waals surface area contributed by atoms with Gasteiger partial charge in [0.2, 0.25) is 5.91 Å². The summed E-state index contributed by atoms with van der Waals surface area (Å²) in [6, 6.07) is 0. The number of amides is 1. The van der Waals surface area contributed by atoms with Gasteiger partial charge in [-0.15, -0.1) is 0 Å². The summed E-state index contributed by atoms with van der Waals surface area (Å²) in [5, 5.41) is 9.68. The fourth-order valence-corrected chi connectivity index (χ4v) is 1.50. The molecule has 0 aliphatic heterocycles. The highest BCUT2D eigenvalue weighted by Crippen LogP contribution is 2.11. The molecule has 1 atom stereocenters. The third-order valence-corrected chi connectivity index (χ3v) is 2.58. The maximum absolute atomic E-state index is 11.6. The van der Waals surface area contributed by atoms with Gasteiger partial charge in [0.25, 0.3) is 0 Å². The lowest BCUT2D eigenvalue weighted by Gasteiger charge is -2.11. The molecule has 0 spiro atoms. The summed E-state index contributed by atoms with van der Waals surface area (Å²) in [4.78, 5) is 11.6. The van der Waals surface area contributed by atoms with Crippen molar-refractivity contribution in [2.75, 3.05) is 13.6 Å². The predicted molar refractivity (Wildman–Crippen MR) is 60.9 cm³/mol. The Morgan fingerprint density at radius 1 is 1.50 bits per heavy atom. The maximum atomic E-state index is 11.6. The molecule has 5 nitrogen and oxygen atoms in total. The van der Waals surface area contributed by atoms with E-state index in [1.165, 1.54) is 0 Å². The second-order valence-electron chi connectivity index (χ2n) is 3.98. The van der Waals surface area contributed by atoms with Crippen molar-refractivity contribution in [3.63, 3.8) is 0 Å². The van der Waals surface area contributed by atoms with E-state index in [1.54, 1.807) is 0 Å². The van der Waals surface area contributed by atoms with E-state index in [2.05, 4.69) is 15.8 Å². The summed E-state index contributed by atoms with van der Waals surface area (Å²) in [5.74, 6) is 0.763. The van der Waals surface area contributed by atoms with Gasteiger partial charge in [0.15, 0.2) is 0 Å². The summed E-state index contributed by atoms with van der Waals surface area (Å²) in [6.07, 6.45) is 0. The van der Waals surface area contributed by atoms with Crippen LogP contribution >= 0.6 is 0 Å². The summed E-state index contributed by atoms with van der Waals surface area (Å²) in [5.41, 5.74) is 1.80. The molecule has 0 fully saturated rings. The smallest absolute Gasteiger partial charge is 0.224 e. The number of aromatic nitrogens is 1. The third-order valence-electron chi connectivity index (χ3n) is 2.58. The van der Waals surface area contributed by atoms with Crippen LogP contribution in [0.15, 0.2) is 4.52 Å². The van der Waals surface area contributed by atoms with Crippen molar-refractivity contribution in [2.24, 2.45) is 5.92 Å². The van der Waals surface area contributed by atoms with Crippen LogP contribution in [-0.4, -0.2) is 24.7 Å². The monoisotopic (exact) mass is 225 g/mol. The number of aryl methyl sites for hydroxylation is 2. The normalized spacial score (nSPS) is 12.5. The summed E-state index contributed by atoms with van der Waals surface area (Å²) < 4.78 is 5.02. The van der Waals surface area contributed by atoms with Crippen molar-refractivity contribution in [1.82, 2.24) is 15.8 Å². The van der Waals surface area contributed by atoms with Gasteiger partial charge in [0, 0.05) is 24.6 Å². The van der Waals surface area contributed by atoms with Gasteiger partial charge in [-0.3, -0.25) is 4.79 Å². The Bertz CT molecular complexity index is 341. The molecule has 1 rings (SSSR count). The molecule has 0 saturated heterocycles. The zero-order chi connectivity index (χ0) is 12.1. The van der Waals surface area contributed by atoms with Gasteiger partial charge in [0.1, 0.15) is 5.76 Å². The molecule has 1 amide bonds. The van der Waals surface area contributed by atoms with Crippen molar-refractivity contribution in [2.45, 2.75) is 27.3 Å². The summed E-state index contributed by atoms with van der Waals surface area (Å²) in [7, 11) is 1.83. The number of hydrogen-bond acceptors (Lipinski definition) is 4. The SMILES string of the molecule is CNCC(C)C(=O)NCc1c(C)noc1C. The average molecular weight is 225 g/mol. The van der Waals surface area contributed by atoms with E-state index in [9.17, 15) is 4.79 Å². The van der Waals surface area contributed by atoms with Crippen LogP contribution in [0.1, 0.15) is 23.9 Å². The van der Waals surface area contributed by atoms with Crippen molar-refractivity contribution < 1.29 is 9.32 Å². The zero-order valence-corrected chi connectivity index (χ0v) is 10.3. The first kappa shape index (κ1) is 12.7. The second kappa shape index (κ2) is 5.65. The van der Waals surface area contributed by atoms with Crippen molar-refractivity contribution in [3.05, 3.63) is 17.0 Å². The van der Waals surface area contributed by atoms with E-state index in [1.807, 2.05) is 27.8 Å². The minimum absolute atomic E-state index is 0.0364. The van der Waals surface area contributed by atoms with Crippen LogP contribution in [0.25, 0.3) is 0 Å². The van der Waals surface area contributed by atoms with Crippen LogP contribution in [0, 0.1) is 19.8 Å². The van der Waals surface area contributed by atoms with E-state index in [0.717, 1.165) is 17.0 Å². The number of rotatable bonds is 5. The number of carbonyl (C=O) groups excluding carboxylic acids is 1. The molecule has 2 N–H and O–H groups in total. The molecule has 1 unspecified atom stereocenters. The van der Waals surface area contributed by atoms with Gasteiger partial charge < -0.3 is 15.2 Å². The Labute approximate surface area is 95.6 Å². The number of nitrogens with one attached hydrogen (secondary N) is 2. The van der Waals surface area contributed by atoms with Crippen LogP contribution in [0.4, 0.5) is 0 Å². The highest BCUT2D eigenvalue weighted by Gasteiger charge is 2.14. The average Bonchev–Trinajstić information content (AvgIpc) is 2.56. The molecule has 90 valence electrons. The van der Waals surface area contributed by atoms with E-state index >= 15 is 0 Å². The van der Waals surface area contributed by atoms with Crippen molar-refractivity contribution >= 4 is 5.91 Å². The quantitative estimate of drug-likeness (QED) is 0.776. The number of hydrogen-bond donors (Lipinski definition) is 2. The first-order chi connectivity index (χ1) is 7.56. The lowest BCUT2D eigenvalue weighted by atomic mass is 10.1. The molecule has 0 aliphatic carbocycles. The Morgan fingerprint density at radius 3 is 2.69 bits per heavy atom. The Balaban J connectivity index is 2.49. The molecule has 1 aromatic rings. The van der Waals surface area contributed by atoms with Crippen LogP contribution in [0.3, 0.4) is 0 Å². The van der Waals surface area contributed by atoms with E-state index in [0.29, 0.717) is 13.1 Å². The second-order valence-corrected chi connectivity index (χ2v) is 3.98. The van der Waals surface area contributed by atoms with Gasteiger partial charge in [-0.25, -0.2) is 0 Å². The number of carbonyl (C=O) groups is 1. The predicted octanol–water partition coefficient (Wildman–Crippen LogP) is 0.763. The molecule has 0 saturated carbocycles. The van der Waals surface area contributed by atoms with Gasteiger partial charge in [-0.2, -0.15) is 0 Å². The van der Waals surface area contributed by atoms with Crippen molar-refractivity contribution in [3.8, 4) is 0 Å². The van der Waals surface area contributed by atoms with Crippen LogP contribution in [0.5, 0.6) is 0 Å². The molecule has 5 heteroatoms. The molecule has 0 aromatic carbocycles. The topological polar surface area (TPSA) is 67.2 Å². The molecule has 1 aromatic heterocycles. The third kappa shape index (κ3) is 3.06. The highest BCUT2D eigenvalue weighted by molar-refractivity contribution is 5.78. The Morgan fingerprint density at radius 2 is 2.19 bits per heavy atom. The zero-order valence-electron chi connectivity index (χ0n) is 10.3. The minimum atomic E-state index is -0.0366. The van der Waals surface area contributed by atoms with Crippen molar-refractivity contribution in [1.29, 1.82) is 0 Å². The molecule has 0 aliphatic rings. The van der Waals surface area contributed by atoms with Gasteiger partial charge in [-0.05, 0) is 20.9 Å².